The van der Waals surface area contributed by atoms with Gasteiger partial charge in [-0.05, 0) is 12.1 Å². The highest BCUT2D eigenvalue weighted by Gasteiger charge is 2.12. The van der Waals surface area contributed by atoms with Gasteiger partial charge in [0.1, 0.15) is 11.0 Å². The molecule has 3 rings (SSSR count). The minimum atomic E-state index is -0.464. The van der Waals surface area contributed by atoms with E-state index >= 15 is 0 Å². The Morgan fingerprint density at radius 3 is 2.83 bits per heavy atom. The van der Waals surface area contributed by atoms with E-state index < -0.39 is 5.82 Å². The number of fused-ring (bicyclic) bond motifs is 1. The number of rotatable bonds is 1. The Hall–Kier alpha value is -1.72. The zero-order valence-corrected chi connectivity index (χ0v) is 10.3. The first-order chi connectivity index (χ1) is 8.65. The zero-order chi connectivity index (χ0) is 12.7. The summed E-state index contributed by atoms with van der Waals surface area (Å²) >= 11 is 11.6. The Bertz CT molecular complexity index is 702. The van der Waals surface area contributed by atoms with Crippen molar-refractivity contribution in [3.8, 4) is 11.4 Å². The highest BCUT2D eigenvalue weighted by Crippen LogP contribution is 2.26. The standard InChI is InChI=1S/C11H5Cl2FN4/c12-6-3-8-11(17-9(6)13)18-10(16-8)5-1-2-15-4-7(5)14/h1-4H,(H,16,17,18). The Balaban J connectivity index is 2.23. The summed E-state index contributed by atoms with van der Waals surface area (Å²) in [4.78, 5) is 14.8. The molecule has 0 fully saturated rings. The van der Waals surface area contributed by atoms with Crippen molar-refractivity contribution in [2.75, 3.05) is 0 Å². The fraction of sp³-hybridized carbons (Fsp3) is 0. The van der Waals surface area contributed by atoms with Crippen LogP contribution in [0.15, 0.2) is 24.5 Å². The van der Waals surface area contributed by atoms with Gasteiger partial charge in [0.05, 0.1) is 22.3 Å². The van der Waals surface area contributed by atoms with Gasteiger partial charge in [0.2, 0.25) is 0 Å². The van der Waals surface area contributed by atoms with Crippen LogP contribution in [0.1, 0.15) is 0 Å². The maximum absolute atomic E-state index is 13.6. The molecule has 0 amide bonds. The third-order valence-electron chi connectivity index (χ3n) is 2.41. The van der Waals surface area contributed by atoms with Crippen LogP contribution in [0.4, 0.5) is 4.39 Å². The molecule has 0 aliphatic rings. The number of H-pyrrole nitrogens is 1. The lowest BCUT2D eigenvalue weighted by Gasteiger charge is -1.96. The molecule has 3 heterocycles. The molecular weight excluding hydrogens is 278 g/mol. The summed E-state index contributed by atoms with van der Waals surface area (Å²) in [5, 5.41) is 0.479. The quantitative estimate of drug-likeness (QED) is 0.696. The van der Waals surface area contributed by atoms with Gasteiger partial charge < -0.3 is 4.98 Å². The van der Waals surface area contributed by atoms with Crippen LogP contribution in [-0.4, -0.2) is 19.9 Å². The summed E-state index contributed by atoms with van der Waals surface area (Å²) in [6.07, 6.45) is 2.61. The van der Waals surface area contributed by atoms with E-state index in [9.17, 15) is 4.39 Å². The number of nitrogens with zero attached hydrogens (tertiary/aromatic N) is 3. The molecule has 7 heteroatoms. The van der Waals surface area contributed by atoms with Crippen molar-refractivity contribution < 1.29 is 4.39 Å². The van der Waals surface area contributed by atoms with Gasteiger partial charge in [-0.2, -0.15) is 0 Å². The first-order valence-electron chi connectivity index (χ1n) is 4.97. The number of imidazole rings is 1. The van der Waals surface area contributed by atoms with Crippen LogP contribution in [0.5, 0.6) is 0 Å². The van der Waals surface area contributed by atoms with Gasteiger partial charge in [0.25, 0.3) is 0 Å². The van der Waals surface area contributed by atoms with E-state index in [4.69, 9.17) is 23.2 Å². The van der Waals surface area contributed by atoms with Crippen LogP contribution in [0.2, 0.25) is 10.2 Å². The summed E-state index contributed by atoms with van der Waals surface area (Å²) in [7, 11) is 0. The summed E-state index contributed by atoms with van der Waals surface area (Å²) < 4.78 is 13.6. The number of hydrogen-bond acceptors (Lipinski definition) is 3. The second-order valence-corrected chi connectivity index (χ2v) is 4.34. The molecule has 0 radical (unpaired) electrons. The maximum Gasteiger partial charge on any atom is 0.179 e. The van der Waals surface area contributed by atoms with Crippen molar-refractivity contribution in [3.05, 3.63) is 40.5 Å². The van der Waals surface area contributed by atoms with Crippen LogP contribution in [0.3, 0.4) is 0 Å². The van der Waals surface area contributed by atoms with Gasteiger partial charge in [-0.3, -0.25) is 4.98 Å². The molecule has 0 spiro atoms. The number of pyridine rings is 2. The van der Waals surface area contributed by atoms with E-state index in [0.717, 1.165) is 6.20 Å². The lowest BCUT2D eigenvalue weighted by molar-refractivity contribution is 0.624. The minimum Gasteiger partial charge on any atom is -0.336 e. The Morgan fingerprint density at radius 1 is 1.22 bits per heavy atom. The predicted molar refractivity (Wildman–Crippen MR) is 67.1 cm³/mol. The van der Waals surface area contributed by atoms with Crippen molar-refractivity contribution in [1.29, 1.82) is 0 Å². The molecule has 90 valence electrons. The SMILES string of the molecule is Fc1cnccc1-c1nc2nc(Cl)c(Cl)cc2[nH]1. The van der Waals surface area contributed by atoms with Gasteiger partial charge in [-0.25, -0.2) is 14.4 Å². The molecule has 4 nitrogen and oxygen atoms in total. The van der Waals surface area contributed by atoms with Crippen LogP contribution in [-0.2, 0) is 0 Å². The van der Waals surface area contributed by atoms with Crippen LogP contribution < -0.4 is 0 Å². The molecule has 0 saturated carbocycles. The molecule has 18 heavy (non-hydrogen) atoms. The van der Waals surface area contributed by atoms with Gasteiger partial charge in [0, 0.05) is 6.20 Å². The lowest BCUT2D eigenvalue weighted by Crippen LogP contribution is -1.87. The number of nitrogens with one attached hydrogen (secondary N) is 1. The molecule has 0 unspecified atom stereocenters. The van der Waals surface area contributed by atoms with Crippen LogP contribution >= 0.6 is 23.2 Å². The number of hydrogen-bond donors (Lipinski definition) is 1. The lowest BCUT2D eigenvalue weighted by atomic mass is 10.2. The maximum atomic E-state index is 13.6. The second kappa shape index (κ2) is 4.19. The number of aromatic nitrogens is 4. The van der Waals surface area contributed by atoms with Gasteiger partial charge in [0.15, 0.2) is 11.5 Å². The number of halogens is 3. The normalized spacial score (nSPS) is 11.1. The van der Waals surface area contributed by atoms with Crippen LogP contribution in [0, 0.1) is 5.82 Å². The molecule has 0 atom stereocenters. The van der Waals surface area contributed by atoms with Crippen molar-refractivity contribution in [3.63, 3.8) is 0 Å². The molecule has 0 saturated heterocycles. The van der Waals surface area contributed by atoms with Crippen molar-refractivity contribution in [2.24, 2.45) is 0 Å². The smallest absolute Gasteiger partial charge is 0.179 e. The largest absolute Gasteiger partial charge is 0.336 e. The highest BCUT2D eigenvalue weighted by molar-refractivity contribution is 6.41. The second-order valence-electron chi connectivity index (χ2n) is 3.57. The first-order valence-corrected chi connectivity index (χ1v) is 5.72. The van der Waals surface area contributed by atoms with Gasteiger partial charge in [-0.15, -0.1) is 0 Å². The van der Waals surface area contributed by atoms with E-state index in [1.54, 1.807) is 6.07 Å². The van der Waals surface area contributed by atoms with Crippen LogP contribution in [0.25, 0.3) is 22.6 Å². The molecular formula is C11H5Cl2FN4. The zero-order valence-electron chi connectivity index (χ0n) is 8.78. The van der Waals surface area contributed by atoms with Crippen molar-refractivity contribution >= 4 is 34.4 Å². The van der Waals surface area contributed by atoms with Gasteiger partial charge >= 0.3 is 0 Å². The Labute approximate surface area is 111 Å². The van der Waals surface area contributed by atoms with E-state index in [1.165, 1.54) is 12.3 Å². The third-order valence-corrected chi connectivity index (χ3v) is 3.08. The highest BCUT2D eigenvalue weighted by atomic mass is 35.5. The van der Waals surface area contributed by atoms with Crippen molar-refractivity contribution in [2.45, 2.75) is 0 Å². The molecule has 3 aromatic rings. The van der Waals surface area contributed by atoms with E-state index in [0.29, 0.717) is 27.6 Å². The van der Waals surface area contributed by atoms with E-state index in [2.05, 4.69) is 19.9 Å². The predicted octanol–water partition coefficient (Wildman–Crippen LogP) is 3.47. The average molecular weight is 283 g/mol. The number of aromatic amines is 1. The summed E-state index contributed by atoms with van der Waals surface area (Å²) in [5.41, 5.74) is 1.29. The fourth-order valence-electron chi connectivity index (χ4n) is 1.59. The minimum absolute atomic E-state index is 0.164. The average Bonchev–Trinajstić information content (AvgIpc) is 2.73. The summed E-state index contributed by atoms with van der Waals surface area (Å²) in [6.45, 7) is 0. The Kier molecular flexibility index (Phi) is 2.65. The van der Waals surface area contributed by atoms with E-state index in [-0.39, 0.29) is 5.15 Å². The molecule has 0 aliphatic heterocycles. The molecule has 1 N–H and O–H groups in total. The summed E-state index contributed by atoms with van der Waals surface area (Å²) in [6, 6.07) is 3.12. The fourth-order valence-corrected chi connectivity index (χ4v) is 1.88. The third kappa shape index (κ3) is 1.81. The molecule has 0 bridgehead atoms. The molecule has 0 aromatic carbocycles. The monoisotopic (exact) mass is 282 g/mol. The molecule has 3 aromatic heterocycles. The van der Waals surface area contributed by atoms with E-state index in [1.807, 2.05) is 0 Å². The first kappa shape index (κ1) is 11.4. The summed E-state index contributed by atoms with van der Waals surface area (Å²) in [5.74, 6) is -0.107. The van der Waals surface area contributed by atoms with Gasteiger partial charge in [-0.1, -0.05) is 23.2 Å². The van der Waals surface area contributed by atoms with Crippen molar-refractivity contribution in [1.82, 2.24) is 19.9 Å². The topological polar surface area (TPSA) is 54.5 Å². The Morgan fingerprint density at radius 2 is 2.06 bits per heavy atom. The molecule has 0 aliphatic carbocycles.